The van der Waals surface area contributed by atoms with Crippen molar-refractivity contribution in [3.05, 3.63) is 48.6 Å². The molecule has 308 valence electrons. The van der Waals surface area contributed by atoms with Gasteiger partial charge in [-0.3, -0.25) is 18.6 Å². The molecule has 0 radical (unpaired) electrons. The zero-order chi connectivity index (χ0) is 39.1. The molecule has 10 nitrogen and oxygen atoms in total. The second kappa shape index (κ2) is 38.2. The summed E-state index contributed by atoms with van der Waals surface area (Å²) in [5, 5.41) is 18.3. The number of unbranched alkanes of at least 4 members (excludes halogenated alkanes) is 16. The summed E-state index contributed by atoms with van der Waals surface area (Å²) in [7, 11) is -4.63. The molecule has 11 heteroatoms. The van der Waals surface area contributed by atoms with Crippen LogP contribution in [0.15, 0.2) is 48.6 Å². The molecule has 0 aromatic rings. The molecule has 0 saturated carbocycles. The van der Waals surface area contributed by atoms with E-state index in [0.29, 0.717) is 12.8 Å². The van der Waals surface area contributed by atoms with Gasteiger partial charge in [-0.05, 0) is 77.0 Å². The maximum absolute atomic E-state index is 12.6. The normalized spacial score (nSPS) is 14.4. The molecule has 3 atom stereocenters. The summed E-state index contributed by atoms with van der Waals surface area (Å²) >= 11 is 0. The minimum atomic E-state index is -4.63. The number of esters is 2. The molecule has 1 unspecified atom stereocenters. The number of hydrogen-bond donors (Lipinski definition) is 3. The van der Waals surface area contributed by atoms with Crippen LogP contribution in [0.25, 0.3) is 0 Å². The zero-order valence-corrected chi connectivity index (χ0v) is 34.1. The molecule has 0 spiro atoms. The Labute approximate surface area is 322 Å². The maximum Gasteiger partial charge on any atom is 0.472 e. The number of phosphoric ester groups is 1. The van der Waals surface area contributed by atoms with Gasteiger partial charge in [-0.1, -0.05) is 127 Å². The fourth-order valence-electron chi connectivity index (χ4n) is 5.23. The Morgan fingerprint density at radius 2 is 0.981 bits per heavy atom. The number of aliphatic hydroxyl groups excluding tert-OH is 2. The summed E-state index contributed by atoms with van der Waals surface area (Å²) in [6, 6.07) is 0. The van der Waals surface area contributed by atoms with Crippen LogP contribution in [-0.2, 0) is 32.7 Å². The molecule has 0 fully saturated rings. The van der Waals surface area contributed by atoms with Crippen molar-refractivity contribution < 1.29 is 47.8 Å². The molecule has 0 aromatic heterocycles. The van der Waals surface area contributed by atoms with Crippen molar-refractivity contribution in [3.63, 3.8) is 0 Å². The van der Waals surface area contributed by atoms with Gasteiger partial charge in [0.1, 0.15) is 12.7 Å². The van der Waals surface area contributed by atoms with Gasteiger partial charge in [0.2, 0.25) is 0 Å². The molecular formula is C42H75O10P. The smallest absolute Gasteiger partial charge is 0.462 e. The van der Waals surface area contributed by atoms with Gasteiger partial charge in [0, 0.05) is 12.8 Å². The van der Waals surface area contributed by atoms with E-state index in [1.54, 1.807) is 0 Å². The zero-order valence-electron chi connectivity index (χ0n) is 33.2. The van der Waals surface area contributed by atoms with E-state index in [9.17, 15) is 24.2 Å². The van der Waals surface area contributed by atoms with Crippen molar-refractivity contribution in [2.45, 2.75) is 180 Å². The van der Waals surface area contributed by atoms with E-state index in [1.807, 2.05) is 0 Å². The van der Waals surface area contributed by atoms with Crippen molar-refractivity contribution in [2.75, 3.05) is 26.4 Å². The fourth-order valence-corrected chi connectivity index (χ4v) is 6.02. The Balaban J connectivity index is 4.43. The van der Waals surface area contributed by atoms with Crippen LogP contribution in [0.1, 0.15) is 168 Å². The van der Waals surface area contributed by atoms with Gasteiger partial charge in [0.15, 0.2) is 6.10 Å². The third-order valence-electron chi connectivity index (χ3n) is 8.46. The highest BCUT2D eigenvalue weighted by atomic mass is 31.2. The minimum Gasteiger partial charge on any atom is -0.462 e. The lowest BCUT2D eigenvalue weighted by Gasteiger charge is -2.20. The molecule has 0 aromatic carbocycles. The first-order valence-corrected chi connectivity index (χ1v) is 22.1. The molecule has 0 aliphatic heterocycles. The lowest BCUT2D eigenvalue weighted by atomic mass is 10.1. The Morgan fingerprint density at radius 1 is 0.566 bits per heavy atom. The molecule has 0 bridgehead atoms. The van der Waals surface area contributed by atoms with Gasteiger partial charge >= 0.3 is 19.8 Å². The predicted molar refractivity (Wildman–Crippen MR) is 214 cm³/mol. The van der Waals surface area contributed by atoms with Gasteiger partial charge < -0.3 is 24.6 Å². The molecule has 0 rings (SSSR count). The van der Waals surface area contributed by atoms with E-state index in [4.69, 9.17) is 19.1 Å². The summed E-state index contributed by atoms with van der Waals surface area (Å²) in [6.45, 7) is 2.27. The van der Waals surface area contributed by atoms with Gasteiger partial charge in [-0.25, -0.2) is 4.57 Å². The molecule has 53 heavy (non-hydrogen) atoms. The Hall–Kier alpha value is -2.07. The van der Waals surface area contributed by atoms with Crippen molar-refractivity contribution in [3.8, 4) is 0 Å². The Kier molecular flexibility index (Phi) is 36.7. The van der Waals surface area contributed by atoms with Crippen LogP contribution in [0.2, 0.25) is 0 Å². The highest BCUT2D eigenvalue weighted by molar-refractivity contribution is 7.47. The van der Waals surface area contributed by atoms with Crippen molar-refractivity contribution in [2.24, 2.45) is 0 Å². The van der Waals surface area contributed by atoms with Gasteiger partial charge in [-0.15, -0.1) is 0 Å². The maximum atomic E-state index is 12.6. The summed E-state index contributed by atoms with van der Waals surface area (Å²) in [4.78, 5) is 34.9. The first-order chi connectivity index (χ1) is 25.7. The van der Waals surface area contributed by atoms with Crippen molar-refractivity contribution in [1.29, 1.82) is 0 Å². The highest BCUT2D eigenvalue weighted by Gasteiger charge is 2.27. The topological polar surface area (TPSA) is 149 Å². The third-order valence-corrected chi connectivity index (χ3v) is 9.41. The molecule has 0 aliphatic rings. The number of carbonyl (C=O) groups is 2. The standard InChI is InChI=1S/C42H75O10P/c1-3-5-7-9-11-13-15-17-19-21-23-25-27-29-31-33-41(45)49-37-40(38-51-53(47,48)50-36-39(44)35-43)52-42(46)34-32-30-28-26-24-22-20-18-16-14-12-10-8-6-4-2/h12,14,18,20,23-26,39-40,43-44H,3-11,13,15-17,19,21-22,27-38H2,1-2H3,(H,47,48)/b14-12+,20-18+,25-23+,26-24+/t39-,40+/m0/s1. The van der Waals surface area contributed by atoms with Crippen molar-refractivity contribution >= 4 is 19.8 Å². The van der Waals surface area contributed by atoms with Crippen LogP contribution in [0, 0.1) is 0 Å². The number of allylic oxidation sites excluding steroid dienone is 8. The Morgan fingerprint density at radius 3 is 1.53 bits per heavy atom. The molecule has 0 aliphatic carbocycles. The summed E-state index contributed by atoms with van der Waals surface area (Å²) in [5.41, 5.74) is 0. The second-order valence-electron chi connectivity index (χ2n) is 13.7. The third kappa shape index (κ3) is 38.0. The van der Waals surface area contributed by atoms with Crippen LogP contribution in [0.4, 0.5) is 0 Å². The number of phosphoric acid groups is 1. The summed E-state index contributed by atoms with van der Waals surface area (Å²) in [6.07, 6.45) is 39.4. The fraction of sp³-hybridized carbons (Fsp3) is 0.762. The Bertz CT molecular complexity index is 1030. The number of carbonyl (C=O) groups excluding carboxylic acids is 2. The number of aliphatic hydroxyl groups is 2. The molecular weight excluding hydrogens is 695 g/mol. The molecule has 0 amide bonds. The average Bonchev–Trinajstić information content (AvgIpc) is 3.14. The van der Waals surface area contributed by atoms with Crippen LogP contribution in [-0.4, -0.2) is 65.7 Å². The first-order valence-electron chi connectivity index (χ1n) is 20.6. The van der Waals surface area contributed by atoms with Crippen LogP contribution in [0.5, 0.6) is 0 Å². The number of ether oxygens (including phenoxy) is 2. The number of hydrogen-bond acceptors (Lipinski definition) is 9. The molecule has 0 heterocycles. The van der Waals surface area contributed by atoms with Gasteiger partial charge in [0.05, 0.1) is 19.8 Å². The minimum absolute atomic E-state index is 0.130. The number of rotatable bonds is 38. The van der Waals surface area contributed by atoms with Gasteiger partial charge in [0.25, 0.3) is 0 Å². The average molecular weight is 771 g/mol. The highest BCUT2D eigenvalue weighted by Crippen LogP contribution is 2.43. The van der Waals surface area contributed by atoms with E-state index in [1.165, 1.54) is 77.0 Å². The van der Waals surface area contributed by atoms with Crippen LogP contribution < -0.4 is 0 Å². The van der Waals surface area contributed by atoms with Crippen LogP contribution >= 0.6 is 7.82 Å². The first kappa shape index (κ1) is 50.9. The van der Waals surface area contributed by atoms with Crippen molar-refractivity contribution in [1.82, 2.24) is 0 Å². The van der Waals surface area contributed by atoms with E-state index < -0.39 is 51.8 Å². The van der Waals surface area contributed by atoms with E-state index in [-0.39, 0.29) is 19.4 Å². The molecule has 0 saturated heterocycles. The summed E-state index contributed by atoms with van der Waals surface area (Å²) in [5.74, 6) is -0.998. The van der Waals surface area contributed by atoms with Crippen LogP contribution in [0.3, 0.4) is 0 Å². The monoisotopic (exact) mass is 771 g/mol. The largest absolute Gasteiger partial charge is 0.472 e. The lowest BCUT2D eigenvalue weighted by molar-refractivity contribution is -0.161. The lowest BCUT2D eigenvalue weighted by Crippen LogP contribution is -2.29. The predicted octanol–water partition coefficient (Wildman–Crippen LogP) is 10.6. The quantitative estimate of drug-likeness (QED) is 0.0240. The summed E-state index contributed by atoms with van der Waals surface area (Å²) < 4.78 is 32.6. The van der Waals surface area contributed by atoms with E-state index >= 15 is 0 Å². The van der Waals surface area contributed by atoms with Gasteiger partial charge in [-0.2, -0.15) is 0 Å². The second-order valence-corrected chi connectivity index (χ2v) is 15.1. The van der Waals surface area contributed by atoms with E-state index in [2.05, 4.69) is 67.0 Å². The molecule has 3 N–H and O–H groups in total. The SMILES string of the molecule is CCCCC/C=C/C/C=C/C/C=C/CCCCC(=O)O[C@H](COC(=O)CCCC/C=C/CCCCCCCCCCC)COP(=O)(O)OC[C@@H](O)CO. The van der Waals surface area contributed by atoms with E-state index in [0.717, 1.165) is 51.4 Å².